The molecule has 0 aliphatic heterocycles. The van der Waals surface area contributed by atoms with E-state index >= 15 is 0 Å². The molecule has 2 nitrogen and oxygen atoms in total. The highest BCUT2D eigenvalue weighted by atomic mass is 16.3. The van der Waals surface area contributed by atoms with Crippen LogP contribution in [0.3, 0.4) is 0 Å². The van der Waals surface area contributed by atoms with Crippen molar-refractivity contribution in [3.63, 3.8) is 0 Å². The first-order chi connectivity index (χ1) is 6.86. The summed E-state index contributed by atoms with van der Waals surface area (Å²) in [6.07, 6.45) is 3.63. The van der Waals surface area contributed by atoms with Crippen molar-refractivity contribution >= 4 is 35.2 Å². The number of para-hydroxylation sites is 1. The van der Waals surface area contributed by atoms with Crippen molar-refractivity contribution in [2.24, 2.45) is 0 Å². The maximum Gasteiger partial charge on any atom is 0.153 e. The molecule has 3 heteroatoms. The van der Waals surface area contributed by atoms with Crippen molar-refractivity contribution in [3.8, 4) is 0 Å². The summed E-state index contributed by atoms with van der Waals surface area (Å²) in [6, 6.07) is 8.06. The molecule has 0 aliphatic carbocycles. The van der Waals surface area contributed by atoms with E-state index < -0.39 is 0 Å². The second kappa shape index (κ2) is 2.61. The van der Waals surface area contributed by atoms with E-state index in [4.69, 9.17) is 4.42 Å². The molecule has 1 aromatic carbocycles. The molecular weight excluding hydrogens is 173 g/mol. The predicted octanol–water partition coefficient (Wildman–Crippen LogP) is 1.24. The zero-order chi connectivity index (χ0) is 9.54. The van der Waals surface area contributed by atoms with Crippen LogP contribution >= 0.6 is 0 Å². The van der Waals surface area contributed by atoms with Crippen LogP contribution in [0.15, 0.2) is 41.1 Å². The number of nitrogens with zero attached hydrogens (tertiary/aromatic N) is 1. The zero-order valence-corrected chi connectivity index (χ0v) is 7.82. The summed E-state index contributed by atoms with van der Waals surface area (Å²) in [7, 11) is 2.05. The molecule has 0 atom stereocenters. The van der Waals surface area contributed by atoms with Crippen LogP contribution < -0.4 is 5.46 Å². The highest BCUT2D eigenvalue weighted by Crippen LogP contribution is 2.25. The van der Waals surface area contributed by atoms with Gasteiger partial charge in [-0.2, -0.15) is 0 Å². The van der Waals surface area contributed by atoms with Crippen LogP contribution in [0.25, 0.3) is 21.9 Å². The third kappa shape index (κ3) is 0.895. The highest BCUT2D eigenvalue weighted by Gasteiger charge is 2.07. The Bertz CT molecular complexity index is 615. The Morgan fingerprint density at radius 2 is 1.93 bits per heavy atom. The Hall–Kier alpha value is -1.77. The molecule has 2 heterocycles. The Kier molecular flexibility index (Phi) is 1.42. The van der Waals surface area contributed by atoms with Gasteiger partial charge in [0.15, 0.2) is 5.58 Å². The van der Waals surface area contributed by atoms with Crippen LogP contribution in [0.2, 0.25) is 0 Å². The Balaban J connectivity index is 2.65. The Morgan fingerprint density at radius 1 is 1.07 bits per heavy atom. The summed E-state index contributed by atoms with van der Waals surface area (Å²) >= 11 is 0. The summed E-state index contributed by atoms with van der Waals surface area (Å²) in [6.45, 7) is 0. The van der Waals surface area contributed by atoms with Crippen LogP contribution in [0, 0.1) is 0 Å². The maximum atomic E-state index is 5.67. The van der Waals surface area contributed by atoms with Gasteiger partial charge in [0.25, 0.3) is 0 Å². The van der Waals surface area contributed by atoms with Crippen LogP contribution in [0.1, 0.15) is 0 Å². The van der Waals surface area contributed by atoms with Crippen molar-refractivity contribution in [2.45, 2.75) is 0 Å². The quantitative estimate of drug-likeness (QED) is 0.487. The minimum Gasteiger partial charge on any atom is -0.454 e. The molecule has 0 radical (unpaired) electrons. The van der Waals surface area contributed by atoms with Crippen LogP contribution in [-0.2, 0) is 0 Å². The molecule has 3 aromatic rings. The molecule has 0 saturated carbocycles. The monoisotopic (exact) mass is 181 g/mol. The number of fused-ring (bicyclic) bond motifs is 3. The molecule has 0 spiro atoms. The Labute approximate surface area is 82.0 Å². The van der Waals surface area contributed by atoms with Gasteiger partial charge in [-0.3, -0.25) is 4.98 Å². The molecule has 0 saturated heterocycles. The van der Waals surface area contributed by atoms with Gasteiger partial charge in [-0.1, -0.05) is 23.7 Å². The van der Waals surface area contributed by atoms with Crippen LogP contribution in [0.5, 0.6) is 0 Å². The lowest BCUT2D eigenvalue weighted by molar-refractivity contribution is 0.667. The van der Waals surface area contributed by atoms with E-state index in [9.17, 15) is 0 Å². The first-order valence-corrected chi connectivity index (χ1v) is 4.58. The molecule has 14 heavy (non-hydrogen) atoms. The molecule has 3 rings (SSSR count). The number of furan rings is 1. The predicted molar refractivity (Wildman–Crippen MR) is 59.7 cm³/mol. The number of rotatable bonds is 0. The second-order valence-electron chi connectivity index (χ2n) is 3.43. The van der Waals surface area contributed by atoms with Gasteiger partial charge in [-0.25, -0.2) is 0 Å². The fourth-order valence-corrected chi connectivity index (χ4v) is 1.84. The number of hydrogen-bond donors (Lipinski definition) is 0. The lowest BCUT2D eigenvalue weighted by Crippen LogP contribution is -2.02. The third-order valence-electron chi connectivity index (χ3n) is 2.48. The first-order valence-electron chi connectivity index (χ1n) is 4.58. The van der Waals surface area contributed by atoms with Crippen LogP contribution in [-0.4, -0.2) is 12.8 Å². The SMILES string of the molecule is Bc1cncc2oc3ccccc3c12. The fraction of sp³-hybridized carbons (Fsp3) is 0. The lowest BCUT2D eigenvalue weighted by Gasteiger charge is -1.92. The molecule has 0 bridgehead atoms. The minimum absolute atomic E-state index is 0.867. The normalized spacial score (nSPS) is 11.1. The number of pyridine rings is 1. The van der Waals surface area contributed by atoms with Gasteiger partial charge in [-0.15, -0.1) is 0 Å². The Morgan fingerprint density at radius 3 is 2.86 bits per heavy atom. The van der Waals surface area contributed by atoms with E-state index in [2.05, 4.69) is 18.9 Å². The molecule has 0 amide bonds. The largest absolute Gasteiger partial charge is 0.454 e. The van der Waals surface area contributed by atoms with Gasteiger partial charge in [-0.05, 0) is 6.07 Å². The summed E-state index contributed by atoms with van der Waals surface area (Å²) in [4.78, 5) is 4.11. The van der Waals surface area contributed by atoms with Crippen molar-refractivity contribution in [1.82, 2.24) is 4.98 Å². The summed E-state index contributed by atoms with van der Waals surface area (Å²) < 4.78 is 5.67. The average molecular weight is 181 g/mol. The molecule has 66 valence electrons. The number of benzene rings is 1. The number of hydrogen-bond acceptors (Lipinski definition) is 2. The van der Waals surface area contributed by atoms with E-state index in [0.717, 1.165) is 16.6 Å². The summed E-state index contributed by atoms with van der Waals surface area (Å²) in [5.41, 5.74) is 2.96. The van der Waals surface area contributed by atoms with Gasteiger partial charge < -0.3 is 4.42 Å². The maximum absolute atomic E-state index is 5.67. The van der Waals surface area contributed by atoms with Crippen LogP contribution in [0.4, 0.5) is 0 Å². The molecule has 0 unspecified atom stereocenters. The lowest BCUT2D eigenvalue weighted by atomic mass is 9.93. The first kappa shape index (κ1) is 7.62. The fourth-order valence-electron chi connectivity index (χ4n) is 1.84. The van der Waals surface area contributed by atoms with Crippen molar-refractivity contribution in [1.29, 1.82) is 0 Å². The highest BCUT2D eigenvalue weighted by molar-refractivity contribution is 6.41. The standard InChI is InChI=1S/C11H8BNO/c12-8-5-13-6-10-11(8)7-3-1-2-4-9(7)14-10/h1-6H,12H2. The van der Waals surface area contributed by atoms with E-state index in [-0.39, 0.29) is 0 Å². The topological polar surface area (TPSA) is 26.0 Å². The van der Waals surface area contributed by atoms with E-state index in [1.54, 1.807) is 6.20 Å². The molecule has 0 N–H and O–H groups in total. The summed E-state index contributed by atoms with van der Waals surface area (Å²) in [5, 5.41) is 2.35. The van der Waals surface area contributed by atoms with Gasteiger partial charge >= 0.3 is 0 Å². The molecule has 2 aromatic heterocycles. The zero-order valence-electron chi connectivity index (χ0n) is 7.82. The molecule has 0 aliphatic rings. The second-order valence-corrected chi connectivity index (χ2v) is 3.43. The number of aromatic nitrogens is 1. The van der Waals surface area contributed by atoms with Crippen molar-refractivity contribution < 1.29 is 4.42 Å². The van der Waals surface area contributed by atoms with Gasteiger partial charge in [0.05, 0.1) is 6.20 Å². The third-order valence-corrected chi connectivity index (χ3v) is 2.48. The minimum atomic E-state index is 0.867. The molecule has 0 fully saturated rings. The van der Waals surface area contributed by atoms with E-state index in [1.165, 1.54) is 10.8 Å². The van der Waals surface area contributed by atoms with Crippen molar-refractivity contribution in [3.05, 3.63) is 36.7 Å². The molecular formula is C11H8BNO. The van der Waals surface area contributed by atoms with Gasteiger partial charge in [0, 0.05) is 17.0 Å². The van der Waals surface area contributed by atoms with Gasteiger partial charge in [0.2, 0.25) is 0 Å². The summed E-state index contributed by atoms with van der Waals surface area (Å²) in [5.74, 6) is 0. The average Bonchev–Trinajstić information content (AvgIpc) is 2.57. The van der Waals surface area contributed by atoms with E-state index in [1.807, 2.05) is 24.4 Å². The van der Waals surface area contributed by atoms with E-state index in [0.29, 0.717) is 0 Å². The smallest absolute Gasteiger partial charge is 0.153 e. The van der Waals surface area contributed by atoms with Gasteiger partial charge in [0.1, 0.15) is 13.4 Å². The van der Waals surface area contributed by atoms with Crippen molar-refractivity contribution in [2.75, 3.05) is 0 Å².